The predicted octanol–water partition coefficient (Wildman–Crippen LogP) is -8.82. The van der Waals surface area contributed by atoms with Gasteiger partial charge in [-0.3, -0.25) is 0 Å². The fourth-order valence-electron chi connectivity index (χ4n) is 0. The summed E-state index contributed by atoms with van der Waals surface area (Å²) >= 11 is -8.75. The van der Waals surface area contributed by atoms with Crippen molar-refractivity contribution in [1.29, 1.82) is 0 Å². The van der Waals surface area contributed by atoms with Crippen molar-refractivity contribution in [2.24, 2.45) is 0 Å². The summed E-state index contributed by atoms with van der Waals surface area (Å²) in [5, 5.41) is 0. The van der Waals surface area contributed by atoms with Crippen LogP contribution in [0.4, 0.5) is 0 Å². The van der Waals surface area contributed by atoms with Crippen LogP contribution in [0.15, 0.2) is 0 Å². The molecule has 81 valence electrons. The molecule has 0 fully saturated rings. The first-order valence-electron chi connectivity index (χ1n) is 2.36. The van der Waals surface area contributed by atoms with Gasteiger partial charge in [0.05, 0.1) is 0 Å². The van der Waals surface area contributed by atoms with Gasteiger partial charge in [0.2, 0.25) is 0 Å². The summed E-state index contributed by atoms with van der Waals surface area (Å²) in [7, 11) is 0. The van der Waals surface area contributed by atoms with E-state index in [-0.39, 0.29) is 64.8 Å². The van der Waals surface area contributed by atoms with Gasteiger partial charge in [-0.1, -0.05) is 0 Å². The summed E-state index contributed by atoms with van der Waals surface area (Å²) in [6.07, 6.45) is 0. The second kappa shape index (κ2) is 97.9. The van der Waals surface area contributed by atoms with Gasteiger partial charge in [-0.05, 0) is 0 Å². The Bertz CT molecular complexity index is 97.0. The topological polar surface area (TPSA) is 201 Å². The molecule has 0 aromatic carbocycles. The Hall–Kier alpha value is 2.81. The van der Waals surface area contributed by atoms with Crippen LogP contribution in [-0.4, -0.2) is 100 Å². The van der Waals surface area contributed by atoms with Crippen LogP contribution in [0.3, 0.4) is 0 Å². The van der Waals surface area contributed by atoms with E-state index in [9.17, 15) is 0 Å². The van der Waals surface area contributed by atoms with E-state index in [4.69, 9.17) is 39.8 Å². The number of hydrogen-bond acceptors (Lipinski definition) is 10. The first kappa shape index (κ1) is 42.7. The zero-order valence-corrected chi connectivity index (χ0v) is 18.5. The fraction of sp³-hybridized carbons (Fsp3) is 0. The van der Waals surface area contributed by atoms with Gasteiger partial charge in [0.1, 0.15) is 0 Å². The van der Waals surface area contributed by atoms with Crippen molar-refractivity contribution >= 4 is 100 Å². The molecule has 0 aliphatic rings. The van der Waals surface area contributed by atoms with Crippen molar-refractivity contribution in [1.82, 2.24) is 0 Å². The first-order valence-corrected chi connectivity index (χ1v) is 7.07. The fourth-order valence-corrected chi connectivity index (χ4v) is 0. The molecular formula is Al5CeMgO10. The van der Waals surface area contributed by atoms with E-state index in [1.165, 1.54) is 0 Å². The van der Waals surface area contributed by atoms with E-state index in [1.54, 1.807) is 0 Å². The maximum atomic E-state index is 8.46. The zero-order chi connectivity index (χ0) is 13.5. The van der Waals surface area contributed by atoms with Gasteiger partial charge >= 0.3 is 182 Å². The van der Waals surface area contributed by atoms with E-state index in [1.807, 2.05) is 0 Å². The standard InChI is InChI=1S/5Al.Ce.Mg.10O/q;;;;;+3;+2;;;;;;5*-1. The van der Waals surface area contributed by atoms with Crippen LogP contribution in [0, 0.1) is 41.7 Å². The van der Waals surface area contributed by atoms with Crippen LogP contribution in [0.2, 0.25) is 0 Å². The summed E-state index contributed by atoms with van der Waals surface area (Å²) < 4.78 is 84.6. The van der Waals surface area contributed by atoms with Gasteiger partial charge in [-0.25, -0.2) is 0 Å². The molecule has 0 aromatic heterocycles. The van der Waals surface area contributed by atoms with Gasteiger partial charge < -0.3 is 0 Å². The minimum absolute atomic E-state index is 0. The quantitative estimate of drug-likeness (QED) is 0.313. The van der Waals surface area contributed by atoms with Crippen molar-refractivity contribution in [2.75, 3.05) is 0 Å². The summed E-state index contributed by atoms with van der Waals surface area (Å²) in [5.41, 5.74) is 0. The predicted molar refractivity (Wildman–Crippen MR) is 38.0 cm³/mol. The average Bonchev–Trinajstić information content (AvgIpc) is 2.09. The molecule has 10 nitrogen and oxygen atoms in total. The van der Waals surface area contributed by atoms with Crippen LogP contribution >= 0.6 is 0 Å². The van der Waals surface area contributed by atoms with E-state index in [0.717, 1.165) is 0 Å². The Morgan fingerprint density at radius 3 is 0.471 bits per heavy atom. The molecule has 0 amide bonds. The third-order valence-electron chi connectivity index (χ3n) is 0. The summed E-state index contributed by atoms with van der Waals surface area (Å²) in [4.78, 5) is 0. The van der Waals surface area contributed by atoms with Gasteiger partial charge in [-0.2, -0.15) is 0 Å². The summed E-state index contributed by atoms with van der Waals surface area (Å²) in [6, 6.07) is 0. The molecule has 0 unspecified atom stereocenters. The number of hydrogen-bond donors (Lipinski definition) is 0. The maximum absolute atomic E-state index is 8.46. The summed E-state index contributed by atoms with van der Waals surface area (Å²) in [5.74, 6) is 0. The molecule has 17 heteroatoms. The molecule has 0 saturated carbocycles. The Morgan fingerprint density at radius 1 is 0.471 bits per heavy atom. The van der Waals surface area contributed by atoms with Crippen molar-refractivity contribution in [2.45, 2.75) is 0 Å². The summed E-state index contributed by atoms with van der Waals surface area (Å²) in [6.45, 7) is 0. The van der Waals surface area contributed by atoms with Gasteiger partial charge in [0.15, 0.2) is 0 Å². The van der Waals surface area contributed by atoms with Crippen LogP contribution < -0.4 is 20.8 Å². The molecule has 0 aliphatic heterocycles. The molecule has 0 atom stereocenters. The van der Waals surface area contributed by atoms with Crippen LogP contribution in [-0.2, 0) is 19.0 Å². The zero-order valence-electron chi connectivity index (χ0n) is 8.18. The molecule has 0 spiro atoms. The average molecular weight is 459 g/mol. The van der Waals surface area contributed by atoms with Gasteiger partial charge in [0, 0.05) is 0 Å². The van der Waals surface area contributed by atoms with Crippen molar-refractivity contribution in [3.05, 3.63) is 0 Å². The van der Waals surface area contributed by atoms with Crippen molar-refractivity contribution in [3.8, 4) is 0 Å². The molecular weight excluding hydrogens is 459 g/mol. The molecule has 0 saturated heterocycles. The molecule has 0 rings (SSSR count). The molecule has 0 heterocycles. The Labute approximate surface area is 178 Å². The molecule has 17 heavy (non-hydrogen) atoms. The molecule has 0 aliphatic carbocycles. The van der Waals surface area contributed by atoms with E-state index < -0.39 is 77.4 Å². The van der Waals surface area contributed by atoms with Crippen LogP contribution in [0.5, 0.6) is 0 Å². The third kappa shape index (κ3) is 675. The van der Waals surface area contributed by atoms with E-state index in [2.05, 4.69) is 0 Å². The first-order chi connectivity index (χ1) is 7.07. The molecule has 0 N–H and O–H groups in total. The van der Waals surface area contributed by atoms with Crippen LogP contribution in [0.25, 0.3) is 0 Å². The molecule has 1 radical (unpaired) electrons. The molecule has 0 bridgehead atoms. The van der Waals surface area contributed by atoms with Crippen molar-refractivity contribution in [3.63, 3.8) is 0 Å². The third-order valence-corrected chi connectivity index (χ3v) is 0. The Kier molecular flexibility index (Phi) is 246. The van der Waals surface area contributed by atoms with Crippen LogP contribution in [0.1, 0.15) is 0 Å². The number of rotatable bonds is 0. The second-order valence-electron chi connectivity index (χ2n) is 0.481. The molecule has 0 aromatic rings. The Morgan fingerprint density at radius 2 is 0.471 bits per heavy atom. The second-order valence-corrected chi connectivity index (χ2v) is 1.44. The van der Waals surface area contributed by atoms with Crippen molar-refractivity contribution < 1.29 is 81.6 Å². The SMILES string of the molecule is [Ce+3].[Mg+2].[O]=[Al][O-].[O]=[Al][O-].[O]=[Al][O-].[O]=[Al][O-].[O]=[Al][O-]. The minimum atomic E-state index is -1.75. The Balaban J connectivity index is -0.0000000143. The normalized spacial score (nSPS) is 2.35. The van der Waals surface area contributed by atoms with E-state index >= 15 is 0 Å². The monoisotopic (exact) mass is 459 g/mol. The van der Waals surface area contributed by atoms with Gasteiger partial charge in [-0.15, -0.1) is 0 Å². The van der Waals surface area contributed by atoms with Gasteiger partial charge in [0.25, 0.3) is 0 Å². The van der Waals surface area contributed by atoms with E-state index in [0.29, 0.717) is 0 Å².